The largest absolute Gasteiger partial charge is 0.481 e. The lowest BCUT2D eigenvalue weighted by molar-refractivity contribution is -0.144. The molecule has 0 bridgehead atoms. The summed E-state index contributed by atoms with van der Waals surface area (Å²) in [7, 11) is 0. The molecule has 2 saturated carbocycles. The molecule has 2 heteroatoms. The summed E-state index contributed by atoms with van der Waals surface area (Å²) >= 11 is 0. The molecule has 13 heavy (non-hydrogen) atoms. The van der Waals surface area contributed by atoms with Crippen molar-refractivity contribution in [2.75, 3.05) is 0 Å². The minimum atomic E-state index is -0.566. The summed E-state index contributed by atoms with van der Waals surface area (Å²) in [6.45, 7) is 0. The summed E-state index contributed by atoms with van der Waals surface area (Å²) in [6.07, 6.45) is 8.40. The molecule has 2 aliphatic rings. The van der Waals surface area contributed by atoms with E-state index in [2.05, 4.69) is 0 Å². The Kier molecular flexibility index (Phi) is 2.56. The first-order chi connectivity index (χ1) is 6.27. The minimum absolute atomic E-state index is 0.0284. The summed E-state index contributed by atoms with van der Waals surface area (Å²) in [5, 5.41) is 8.93. The average molecular weight is 182 g/mol. The Morgan fingerprint density at radius 2 is 1.69 bits per heavy atom. The van der Waals surface area contributed by atoms with Crippen molar-refractivity contribution in [1.82, 2.24) is 0 Å². The Morgan fingerprint density at radius 3 is 2.38 bits per heavy atom. The van der Waals surface area contributed by atoms with E-state index in [1.165, 1.54) is 32.1 Å². The van der Waals surface area contributed by atoms with Crippen molar-refractivity contribution < 1.29 is 9.90 Å². The second-order valence-corrected chi connectivity index (χ2v) is 4.65. The highest BCUT2D eigenvalue weighted by Gasteiger charge is 2.34. The highest BCUT2D eigenvalue weighted by molar-refractivity contribution is 5.70. The molecule has 2 rings (SSSR count). The van der Waals surface area contributed by atoms with E-state index in [9.17, 15) is 4.79 Å². The van der Waals surface area contributed by atoms with Gasteiger partial charge in [0.1, 0.15) is 0 Å². The third-order valence-electron chi connectivity index (χ3n) is 3.89. The number of hydrogen-bond donors (Lipinski definition) is 1. The number of fused-ring (bicyclic) bond motifs is 1. The lowest BCUT2D eigenvalue weighted by Crippen LogP contribution is -2.31. The molecule has 0 spiro atoms. The number of aliphatic carboxylic acids is 1. The molecule has 0 unspecified atom stereocenters. The van der Waals surface area contributed by atoms with Crippen LogP contribution in [0.3, 0.4) is 0 Å². The van der Waals surface area contributed by atoms with Gasteiger partial charge in [-0.2, -0.15) is 0 Å². The maximum atomic E-state index is 10.8. The Balaban J connectivity index is 1.95. The molecule has 0 aromatic rings. The van der Waals surface area contributed by atoms with Crippen LogP contribution in [0.5, 0.6) is 0 Å². The van der Waals surface area contributed by atoms with Crippen LogP contribution in [0.1, 0.15) is 44.9 Å². The molecule has 0 heterocycles. The molecule has 0 saturated heterocycles. The van der Waals surface area contributed by atoms with E-state index >= 15 is 0 Å². The first-order valence-electron chi connectivity index (χ1n) is 5.50. The van der Waals surface area contributed by atoms with Gasteiger partial charge in [0.05, 0.1) is 5.92 Å². The smallest absolute Gasteiger partial charge is 0.306 e. The second kappa shape index (κ2) is 3.69. The Labute approximate surface area is 79.3 Å². The van der Waals surface area contributed by atoms with Crippen molar-refractivity contribution in [3.63, 3.8) is 0 Å². The number of carbonyl (C=O) groups is 1. The van der Waals surface area contributed by atoms with Gasteiger partial charge in [0.25, 0.3) is 0 Å². The minimum Gasteiger partial charge on any atom is -0.481 e. The van der Waals surface area contributed by atoms with E-state index in [0.717, 1.165) is 24.7 Å². The molecular weight excluding hydrogens is 164 g/mol. The van der Waals surface area contributed by atoms with Crippen LogP contribution in [0.25, 0.3) is 0 Å². The van der Waals surface area contributed by atoms with E-state index in [1.54, 1.807) is 0 Å². The van der Waals surface area contributed by atoms with Crippen LogP contribution >= 0.6 is 0 Å². The Bertz CT molecular complexity index is 200. The lowest BCUT2D eigenvalue weighted by Gasteiger charge is -2.37. The van der Waals surface area contributed by atoms with Crippen molar-refractivity contribution in [3.8, 4) is 0 Å². The monoisotopic (exact) mass is 182 g/mol. The van der Waals surface area contributed by atoms with Gasteiger partial charge >= 0.3 is 5.97 Å². The predicted octanol–water partition coefficient (Wildman–Crippen LogP) is 2.68. The summed E-state index contributed by atoms with van der Waals surface area (Å²) in [5.41, 5.74) is 0. The van der Waals surface area contributed by atoms with Gasteiger partial charge in [0, 0.05) is 0 Å². The molecule has 0 radical (unpaired) electrons. The maximum absolute atomic E-state index is 10.8. The number of rotatable bonds is 1. The molecule has 0 aromatic carbocycles. The molecule has 2 fully saturated rings. The van der Waals surface area contributed by atoms with Crippen molar-refractivity contribution in [2.24, 2.45) is 17.8 Å². The standard InChI is InChI=1S/C11H18O2/c12-11(13)10-6-5-8-3-1-2-4-9(8)7-10/h8-10H,1-7H2,(H,12,13)/t8-,9-,10+/m1/s1. The molecule has 2 aliphatic carbocycles. The van der Waals surface area contributed by atoms with Crippen LogP contribution in [0.4, 0.5) is 0 Å². The van der Waals surface area contributed by atoms with Crippen LogP contribution in [0, 0.1) is 17.8 Å². The fourth-order valence-corrected chi connectivity index (χ4v) is 3.10. The molecule has 3 atom stereocenters. The second-order valence-electron chi connectivity index (χ2n) is 4.65. The summed E-state index contributed by atoms with van der Waals surface area (Å²) < 4.78 is 0. The van der Waals surface area contributed by atoms with E-state index in [-0.39, 0.29) is 5.92 Å². The van der Waals surface area contributed by atoms with Crippen molar-refractivity contribution in [3.05, 3.63) is 0 Å². The zero-order valence-electron chi connectivity index (χ0n) is 8.04. The SMILES string of the molecule is O=C(O)[C@H]1CC[C@H]2CCCC[C@@H]2C1. The van der Waals surface area contributed by atoms with E-state index in [1.807, 2.05) is 0 Å². The third-order valence-corrected chi connectivity index (χ3v) is 3.89. The maximum Gasteiger partial charge on any atom is 0.306 e. The van der Waals surface area contributed by atoms with Crippen LogP contribution in [-0.2, 0) is 4.79 Å². The van der Waals surface area contributed by atoms with Gasteiger partial charge < -0.3 is 5.11 Å². The van der Waals surface area contributed by atoms with Crippen LogP contribution in [0.2, 0.25) is 0 Å². The van der Waals surface area contributed by atoms with Gasteiger partial charge in [0.2, 0.25) is 0 Å². The number of hydrogen-bond acceptors (Lipinski definition) is 1. The zero-order valence-corrected chi connectivity index (χ0v) is 8.04. The Hall–Kier alpha value is -0.530. The lowest BCUT2D eigenvalue weighted by atomic mass is 9.67. The fourth-order valence-electron chi connectivity index (χ4n) is 3.10. The van der Waals surface area contributed by atoms with Gasteiger partial charge in [-0.3, -0.25) is 4.79 Å². The summed E-state index contributed by atoms with van der Waals surface area (Å²) in [6, 6.07) is 0. The Morgan fingerprint density at radius 1 is 1.00 bits per heavy atom. The molecule has 0 aliphatic heterocycles. The van der Waals surface area contributed by atoms with Crippen LogP contribution in [0.15, 0.2) is 0 Å². The summed E-state index contributed by atoms with van der Waals surface area (Å²) in [4.78, 5) is 10.8. The summed E-state index contributed by atoms with van der Waals surface area (Å²) in [5.74, 6) is 1.01. The van der Waals surface area contributed by atoms with Crippen molar-refractivity contribution in [2.45, 2.75) is 44.9 Å². The van der Waals surface area contributed by atoms with Crippen LogP contribution in [-0.4, -0.2) is 11.1 Å². The van der Waals surface area contributed by atoms with Gasteiger partial charge in [-0.15, -0.1) is 0 Å². The average Bonchev–Trinajstić information content (AvgIpc) is 2.17. The van der Waals surface area contributed by atoms with E-state index < -0.39 is 5.97 Å². The fraction of sp³-hybridized carbons (Fsp3) is 0.909. The molecule has 2 nitrogen and oxygen atoms in total. The number of carboxylic acids is 1. The predicted molar refractivity (Wildman–Crippen MR) is 50.4 cm³/mol. The molecule has 0 aromatic heterocycles. The van der Waals surface area contributed by atoms with Gasteiger partial charge in [-0.05, 0) is 31.1 Å². The highest BCUT2D eigenvalue weighted by atomic mass is 16.4. The quantitative estimate of drug-likeness (QED) is 0.677. The third kappa shape index (κ3) is 1.87. The van der Waals surface area contributed by atoms with E-state index in [4.69, 9.17) is 5.11 Å². The van der Waals surface area contributed by atoms with E-state index in [0.29, 0.717) is 0 Å². The van der Waals surface area contributed by atoms with Gasteiger partial charge in [-0.25, -0.2) is 0 Å². The first-order valence-corrected chi connectivity index (χ1v) is 5.50. The molecule has 1 N–H and O–H groups in total. The topological polar surface area (TPSA) is 37.3 Å². The molecular formula is C11H18O2. The molecule has 74 valence electrons. The first kappa shape index (κ1) is 9.04. The van der Waals surface area contributed by atoms with Gasteiger partial charge in [0.15, 0.2) is 0 Å². The van der Waals surface area contributed by atoms with Crippen molar-refractivity contribution in [1.29, 1.82) is 0 Å². The highest BCUT2D eigenvalue weighted by Crippen LogP contribution is 2.42. The number of carboxylic acid groups (broad SMARTS) is 1. The normalized spacial score (nSPS) is 39.5. The zero-order chi connectivity index (χ0) is 9.26. The van der Waals surface area contributed by atoms with Gasteiger partial charge in [-0.1, -0.05) is 25.7 Å². The van der Waals surface area contributed by atoms with Crippen LogP contribution < -0.4 is 0 Å². The van der Waals surface area contributed by atoms with Crippen molar-refractivity contribution >= 4 is 5.97 Å². The molecule has 0 amide bonds.